The number of fused-ring (bicyclic) bond motifs is 1. The lowest BCUT2D eigenvalue weighted by Gasteiger charge is -2.19. The number of alkyl halides is 2. The van der Waals surface area contributed by atoms with Crippen molar-refractivity contribution < 1.29 is 27.8 Å². The van der Waals surface area contributed by atoms with E-state index in [1.165, 1.54) is 12.1 Å². The molecule has 8 heteroatoms. The Balaban J connectivity index is 1.40. The van der Waals surface area contributed by atoms with Gasteiger partial charge in [-0.2, -0.15) is 0 Å². The maximum Gasteiger partial charge on any atom is 0.586 e. The zero-order valence-corrected chi connectivity index (χ0v) is 18.4. The number of hydrogen-bond donors (Lipinski definition) is 1. The quantitative estimate of drug-likeness (QED) is 0.712. The number of amides is 1. The third-order valence-corrected chi connectivity index (χ3v) is 6.54. The van der Waals surface area contributed by atoms with Crippen LogP contribution in [0.15, 0.2) is 48.1 Å². The number of aryl methyl sites for hydroxylation is 1. The highest BCUT2D eigenvalue weighted by atomic mass is 19.3. The van der Waals surface area contributed by atoms with Crippen LogP contribution in [0.25, 0.3) is 5.57 Å². The van der Waals surface area contributed by atoms with Gasteiger partial charge in [0.1, 0.15) is 5.82 Å². The van der Waals surface area contributed by atoms with E-state index in [2.05, 4.69) is 19.8 Å². The second-order valence-electron chi connectivity index (χ2n) is 8.84. The minimum absolute atomic E-state index is 0.0194. The summed E-state index contributed by atoms with van der Waals surface area (Å²) < 4.78 is 35.7. The number of hydrogen-bond acceptors (Lipinski definition) is 5. The molecule has 1 atom stereocenters. The summed E-state index contributed by atoms with van der Waals surface area (Å²) in [5.74, 6) is -0.198. The molecule has 1 saturated carbocycles. The Morgan fingerprint density at radius 3 is 2.52 bits per heavy atom. The molecule has 0 saturated heterocycles. The first-order valence-electron chi connectivity index (χ1n) is 10.7. The summed E-state index contributed by atoms with van der Waals surface area (Å²) in [7, 11) is 0. The smallest absolute Gasteiger partial charge is 0.395 e. The van der Waals surface area contributed by atoms with Crippen LogP contribution in [-0.2, 0) is 15.0 Å². The van der Waals surface area contributed by atoms with Crippen LogP contribution in [0.2, 0.25) is 0 Å². The Morgan fingerprint density at radius 2 is 1.82 bits per heavy atom. The Kier molecular flexibility index (Phi) is 4.67. The molecule has 1 N–H and O–H groups in total. The van der Waals surface area contributed by atoms with Gasteiger partial charge in [-0.05, 0) is 62.1 Å². The Hall–Kier alpha value is -3.55. The molecule has 1 aromatic heterocycles. The van der Waals surface area contributed by atoms with E-state index in [0.29, 0.717) is 35.5 Å². The minimum atomic E-state index is -3.71. The average molecular weight is 452 g/mol. The number of rotatable bonds is 4. The number of ketones is 1. The number of benzene rings is 1. The van der Waals surface area contributed by atoms with Gasteiger partial charge in [-0.15, -0.1) is 8.78 Å². The van der Waals surface area contributed by atoms with Gasteiger partial charge in [-0.3, -0.25) is 9.59 Å². The summed E-state index contributed by atoms with van der Waals surface area (Å²) in [6.07, 6.45) is 0.975. The maximum atomic E-state index is 13.4. The van der Waals surface area contributed by atoms with Crippen molar-refractivity contribution in [1.29, 1.82) is 0 Å². The number of nitrogens with one attached hydrogen (secondary N) is 1. The van der Waals surface area contributed by atoms with Gasteiger partial charge < -0.3 is 14.8 Å². The van der Waals surface area contributed by atoms with Crippen molar-refractivity contribution >= 4 is 23.1 Å². The molecule has 170 valence electrons. The molecule has 1 amide bonds. The minimum Gasteiger partial charge on any atom is -0.395 e. The van der Waals surface area contributed by atoms with E-state index in [-0.39, 0.29) is 29.1 Å². The second-order valence-corrected chi connectivity index (χ2v) is 8.84. The van der Waals surface area contributed by atoms with Gasteiger partial charge in [0.05, 0.1) is 11.1 Å². The molecular formula is C25H22F2N2O4. The van der Waals surface area contributed by atoms with Gasteiger partial charge in [0.15, 0.2) is 17.3 Å². The predicted octanol–water partition coefficient (Wildman–Crippen LogP) is 4.93. The summed E-state index contributed by atoms with van der Waals surface area (Å²) in [5, 5.41) is 2.86. The second kappa shape index (κ2) is 7.23. The van der Waals surface area contributed by atoms with Gasteiger partial charge in [0.2, 0.25) is 5.91 Å². The van der Waals surface area contributed by atoms with Gasteiger partial charge in [-0.25, -0.2) is 4.98 Å². The largest absolute Gasteiger partial charge is 0.586 e. The van der Waals surface area contributed by atoms with Crippen LogP contribution in [0.3, 0.4) is 0 Å². The maximum absolute atomic E-state index is 13.4. The molecule has 0 spiro atoms. The molecular weight excluding hydrogens is 430 g/mol. The SMILES string of the molecule is CC1=CC(c2nc(NC(=O)C3(c4ccc5c(c4)OC(F)(F)O5)CC3)ccc2C)=CC(=O)C1C. The van der Waals surface area contributed by atoms with Crippen molar-refractivity contribution in [3.63, 3.8) is 0 Å². The lowest BCUT2D eigenvalue weighted by molar-refractivity contribution is -0.286. The average Bonchev–Trinajstić information content (AvgIpc) is 3.50. The first-order valence-corrected chi connectivity index (χ1v) is 10.7. The number of anilines is 1. The summed E-state index contributed by atoms with van der Waals surface area (Å²) >= 11 is 0. The number of allylic oxidation sites excluding steroid dienone is 4. The van der Waals surface area contributed by atoms with Crippen LogP contribution >= 0.6 is 0 Å². The lowest BCUT2D eigenvalue weighted by atomic mass is 9.88. The molecule has 0 bridgehead atoms. The lowest BCUT2D eigenvalue weighted by Crippen LogP contribution is -2.28. The van der Waals surface area contributed by atoms with Crippen molar-refractivity contribution in [1.82, 2.24) is 4.98 Å². The Labute approximate surface area is 189 Å². The van der Waals surface area contributed by atoms with Gasteiger partial charge in [-0.1, -0.05) is 30.7 Å². The first-order chi connectivity index (χ1) is 15.6. The summed E-state index contributed by atoms with van der Waals surface area (Å²) in [4.78, 5) is 30.1. The molecule has 0 radical (unpaired) electrons. The van der Waals surface area contributed by atoms with E-state index in [4.69, 9.17) is 0 Å². The number of ether oxygens (including phenoxy) is 2. The van der Waals surface area contributed by atoms with Crippen LogP contribution in [0.4, 0.5) is 14.6 Å². The third-order valence-electron chi connectivity index (χ3n) is 6.54. The highest BCUT2D eigenvalue weighted by Crippen LogP contribution is 2.52. The van der Waals surface area contributed by atoms with Crippen LogP contribution in [0.1, 0.15) is 43.5 Å². The number of pyridine rings is 1. The van der Waals surface area contributed by atoms with Crippen LogP contribution < -0.4 is 14.8 Å². The number of carbonyl (C=O) groups is 2. The molecule has 1 unspecified atom stereocenters. The molecule has 33 heavy (non-hydrogen) atoms. The van der Waals surface area contributed by atoms with E-state index >= 15 is 0 Å². The highest BCUT2D eigenvalue weighted by molar-refractivity contribution is 6.04. The molecule has 2 heterocycles. The summed E-state index contributed by atoms with van der Waals surface area (Å²) in [5.41, 5.74) is 2.92. The van der Waals surface area contributed by atoms with Crippen molar-refractivity contribution in [2.45, 2.75) is 45.3 Å². The van der Waals surface area contributed by atoms with Gasteiger partial charge in [0, 0.05) is 11.5 Å². The standard InChI is InChI=1S/C25H22F2N2O4/c1-13-4-7-21(28-22(13)16-10-14(2)15(3)18(30)11-16)29-23(31)24(8-9-24)17-5-6-19-20(12-17)33-25(26,27)32-19/h4-7,10-12,15H,8-9H2,1-3H3,(H,28,29,31). The molecule has 1 fully saturated rings. The van der Waals surface area contributed by atoms with E-state index in [0.717, 1.165) is 11.1 Å². The van der Waals surface area contributed by atoms with Crippen molar-refractivity contribution in [3.8, 4) is 11.5 Å². The number of carbonyl (C=O) groups excluding carboxylic acids is 2. The number of halogens is 2. The topological polar surface area (TPSA) is 77.5 Å². The number of nitrogens with zero attached hydrogens (tertiary/aromatic N) is 1. The van der Waals surface area contributed by atoms with Gasteiger partial charge in [0.25, 0.3) is 0 Å². The highest BCUT2D eigenvalue weighted by Gasteiger charge is 2.53. The normalized spacial score (nSPS) is 21.8. The molecule has 5 rings (SSSR count). The zero-order chi connectivity index (χ0) is 23.5. The van der Waals surface area contributed by atoms with Crippen LogP contribution in [0.5, 0.6) is 11.5 Å². The molecule has 3 aliphatic rings. The van der Waals surface area contributed by atoms with Crippen LogP contribution in [-0.4, -0.2) is 23.0 Å². The van der Waals surface area contributed by atoms with E-state index in [1.54, 1.807) is 18.2 Å². The first kappa shape index (κ1) is 21.3. The predicted molar refractivity (Wildman–Crippen MR) is 117 cm³/mol. The number of aromatic nitrogens is 1. The Morgan fingerprint density at radius 1 is 1.09 bits per heavy atom. The summed E-state index contributed by atoms with van der Waals surface area (Å²) in [6, 6.07) is 7.98. The fourth-order valence-corrected chi connectivity index (χ4v) is 4.20. The van der Waals surface area contributed by atoms with Crippen molar-refractivity contribution in [2.75, 3.05) is 5.32 Å². The summed E-state index contributed by atoms with van der Waals surface area (Å²) in [6.45, 7) is 5.67. The molecule has 6 nitrogen and oxygen atoms in total. The fraction of sp³-hybridized carbons (Fsp3) is 0.320. The molecule has 2 aliphatic carbocycles. The fourth-order valence-electron chi connectivity index (χ4n) is 4.20. The Bertz CT molecular complexity index is 1260. The molecule has 2 aromatic rings. The monoisotopic (exact) mass is 452 g/mol. The third kappa shape index (κ3) is 3.69. The van der Waals surface area contributed by atoms with E-state index in [1.807, 2.05) is 32.9 Å². The van der Waals surface area contributed by atoms with Gasteiger partial charge >= 0.3 is 6.29 Å². The van der Waals surface area contributed by atoms with Crippen molar-refractivity contribution in [2.24, 2.45) is 5.92 Å². The van der Waals surface area contributed by atoms with E-state index in [9.17, 15) is 18.4 Å². The zero-order valence-electron chi connectivity index (χ0n) is 18.4. The molecule has 1 aliphatic heterocycles. The molecule has 1 aromatic carbocycles. The van der Waals surface area contributed by atoms with Crippen LogP contribution in [0, 0.1) is 12.8 Å². The van der Waals surface area contributed by atoms with Crippen molar-refractivity contribution in [3.05, 3.63) is 64.9 Å². The van der Waals surface area contributed by atoms with E-state index < -0.39 is 11.7 Å².